The summed E-state index contributed by atoms with van der Waals surface area (Å²) in [6, 6.07) is 17.1. The number of aryl methyl sites for hydroxylation is 1. The Kier molecular flexibility index (Phi) is 2.55. The highest BCUT2D eigenvalue weighted by Gasteiger charge is 1.99. The molecular formula is C13H10Cl. The minimum atomic E-state index is 0.655. The second kappa shape index (κ2) is 3.85. The van der Waals surface area contributed by atoms with Crippen LogP contribution in [0.25, 0.3) is 11.1 Å². The van der Waals surface area contributed by atoms with Crippen LogP contribution in [0.1, 0.15) is 5.56 Å². The first kappa shape index (κ1) is 9.29. The predicted octanol–water partition coefficient (Wildman–Crippen LogP) is 4.12. The molecule has 69 valence electrons. The molecule has 0 aliphatic carbocycles. The molecule has 2 aromatic rings. The van der Waals surface area contributed by atoms with E-state index in [-0.39, 0.29) is 0 Å². The summed E-state index contributed by atoms with van der Waals surface area (Å²) < 4.78 is 0. The molecule has 1 heteroatoms. The van der Waals surface area contributed by atoms with Crippen molar-refractivity contribution in [2.75, 3.05) is 0 Å². The zero-order valence-corrected chi connectivity index (χ0v) is 8.68. The van der Waals surface area contributed by atoms with Gasteiger partial charge < -0.3 is 0 Å². The highest BCUT2D eigenvalue weighted by atomic mass is 35.5. The third-order valence-corrected chi connectivity index (χ3v) is 2.47. The molecule has 2 aromatic carbocycles. The van der Waals surface area contributed by atoms with E-state index >= 15 is 0 Å². The van der Waals surface area contributed by atoms with E-state index in [2.05, 4.69) is 25.1 Å². The van der Waals surface area contributed by atoms with Crippen LogP contribution < -0.4 is 0 Å². The summed E-state index contributed by atoms with van der Waals surface area (Å²) in [5.74, 6) is 0. The van der Waals surface area contributed by atoms with Crippen molar-refractivity contribution in [3.8, 4) is 11.1 Å². The topological polar surface area (TPSA) is 0 Å². The molecule has 1 radical (unpaired) electrons. The maximum atomic E-state index is 5.78. The van der Waals surface area contributed by atoms with Gasteiger partial charge in [0, 0.05) is 11.1 Å². The van der Waals surface area contributed by atoms with Crippen molar-refractivity contribution in [2.24, 2.45) is 0 Å². The van der Waals surface area contributed by atoms with Gasteiger partial charge in [-0.15, -0.1) is 0 Å². The Morgan fingerprint density at radius 2 is 1.86 bits per heavy atom. The van der Waals surface area contributed by atoms with Crippen molar-refractivity contribution in [1.82, 2.24) is 0 Å². The van der Waals surface area contributed by atoms with Crippen LogP contribution in [-0.4, -0.2) is 0 Å². The molecule has 0 saturated heterocycles. The van der Waals surface area contributed by atoms with E-state index in [9.17, 15) is 0 Å². The number of hydrogen-bond donors (Lipinski definition) is 0. The Hall–Kier alpha value is -1.27. The minimum absolute atomic E-state index is 0.655. The second-order valence-electron chi connectivity index (χ2n) is 3.24. The Bertz CT molecular complexity index is 429. The van der Waals surface area contributed by atoms with Crippen LogP contribution in [0.2, 0.25) is 5.02 Å². The zero-order chi connectivity index (χ0) is 9.97. The van der Waals surface area contributed by atoms with E-state index in [1.165, 1.54) is 11.1 Å². The van der Waals surface area contributed by atoms with Gasteiger partial charge in [0.25, 0.3) is 0 Å². The third-order valence-electron chi connectivity index (χ3n) is 2.23. The van der Waals surface area contributed by atoms with Crippen LogP contribution in [0.5, 0.6) is 0 Å². The lowest BCUT2D eigenvalue weighted by atomic mass is 10.0. The van der Waals surface area contributed by atoms with E-state index in [1.807, 2.05) is 30.3 Å². The molecule has 0 N–H and O–H groups in total. The van der Waals surface area contributed by atoms with Crippen molar-refractivity contribution in [3.63, 3.8) is 0 Å². The van der Waals surface area contributed by atoms with Gasteiger partial charge in [0.05, 0.1) is 0 Å². The fraction of sp³-hybridized carbons (Fsp3) is 0.0769. The molecule has 0 spiro atoms. The molecule has 0 saturated carbocycles. The van der Waals surface area contributed by atoms with Crippen molar-refractivity contribution < 1.29 is 0 Å². The smallest absolute Gasteiger partial charge is 0.0485 e. The first-order chi connectivity index (χ1) is 6.77. The Labute approximate surface area is 89.2 Å². The number of rotatable bonds is 1. The number of halogens is 1. The van der Waals surface area contributed by atoms with Crippen molar-refractivity contribution >= 4 is 11.6 Å². The molecule has 0 aliphatic heterocycles. The maximum Gasteiger partial charge on any atom is 0.0485 e. The molecule has 14 heavy (non-hydrogen) atoms. The zero-order valence-electron chi connectivity index (χ0n) is 7.92. The molecule has 0 atom stereocenters. The van der Waals surface area contributed by atoms with E-state index in [0.29, 0.717) is 5.02 Å². The SMILES string of the molecule is Cc1ccccc1-c1c[c]c(Cl)cc1. The molecule has 0 aromatic heterocycles. The number of benzene rings is 2. The van der Waals surface area contributed by atoms with Crippen LogP contribution >= 0.6 is 11.6 Å². The first-order valence-electron chi connectivity index (χ1n) is 4.50. The van der Waals surface area contributed by atoms with Gasteiger partial charge in [0.15, 0.2) is 0 Å². The van der Waals surface area contributed by atoms with Crippen LogP contribution in [0, 0.1) is 13.0 Å². The summed E-state index contributed by atoms with van der Waals surface area (Å²) >= 11 is 5.78. The van der Waals surface area contributed by atoms with Gasteiger partial charge >= 0.3 is 0 Å². The summed E-state index contributed by atoms with van der Waals surface area (Å²) in [7, 11) is 0. The molecule has 0 bridgehead atoms. The van der Waals surface area contributed by atoms with Gasteiger partial charge in [0.2, 0.25) is 0 Å². The lowest BCUT2D eigenvalue weighted by molar-refractivity contribution is 1.46. The minimum Gasteiger partial charge on any atom is -0.0837 e. The third kappa shape index (κ3) is 1.80. The average molecular weight is 202 g/mol. The highest BCUT2D eigenvalue weighted by molar-refractivity contribution is 6.30. The molecule has 0 aliphatic rings. The summed E-state index contributed by atoms with van der Waals surface area (Å²) in [4.78, 5) is 0. The van der Waals surface area contributed by atoms with Crippen molar-refractivity contribution in [2.45, 2.75) is 6.92 Å². The molecule has 0 nitrogen and oxygen atoms in total. The standard InChI is InChI=1S/C13H10Cl/c1-10-4-2-3-5-13(10)11-6-8-12(14)9-7-11/h2-8H,1H3. The molecular weight excluding hydrogens is 192 g/mol. The maximum absolute atomic E-state index is 5.78. The molecule has 0 unspecified atom stereocenters. The van der Waals surface area contributed by atoms with Gasteiger partial charge in [0.1, 0.15) is 0 Å². The van der Waals surface area contributed by atoms with Gasteiger partial charge in [-0.3, -0.25) is 0 Å². The van der Waals surface area contributed by atoms with Crippen molar-refractivity contribution in [1.29, 1.82) is 0 Å². The molecule has 2 rings (SSSR count). The summed E-state index contributed by atoms with van der Waals surface area (Å²) in [6.45, 7) is 2.10. The van der Waals surface area contributed by atoms with Gasteiger partial charge in [-0.25, -0.2) is 0 Å². The average Bonchev–Trinajstić information content (AvgIpc) is 2.20. The van der Waals surface area contributed by atoms with Gasteiger partial charge in [-0.2, -0.15) is 0 Å². The van der Waals surface area contributed by atoms with E-state index in [1.54, 1.807) is 0 Å². The van der Waals surface area contributed by atoms with Crippen LogP contribution in [-0.2, 0) is 0 Å². The van der Waals surface area contributed by atoms with Crippen LogP contribution in [0.3, 0.4) is 0 Å². The fourth-order valence-corrected chi connectivity index (χ4v) is 1.59. The lowest BCUT2D eigenvalue weighted by Crippen LogP contribution is -1.81. The second-order valence-corrected chi connectivity index (χ2v) is 3.65. The molecule has 0 amide bonds. The fourth-order valence-electron chi connectivity index (χ4n) is 1.47. The summed E-state index contributed by atoms with van der Waals surface area (Å²) in [5.41, 5.74) is 3.66. The first-order valence-corrected chi connectivity index (χ1v) is 4.88. The van der Waals surface area contributed by atoms with E-state index in [0.717, 1.165) is 5.56 Å². The predicted molar refractivity (Wildman–Crippen MR) is 60.5 cm³/mol. The highest BCUT2D eigenvalue weighted by Crippen LogP contribution is 2.23. The Morgan fingerprint density at radius 1 is 1.07 bits per heavy atom. The summed E-state index contributed by atoms with van der Waals surface area (Å²) in [6.07, 6.45) is 0. The van der Waals surface area contributed by atoms with Crippen LogP contribution in [0.4, 0.5) is 0 Å². The lowest BCUT2D eigenvalue weighted by Gasteiger charge is -2.04. The quantitative estimate of drug-likeness (QED) is 0.651. The molecule has 0 heterocycles. The monoisotopic (exact) mass is 201 g/mol. The van der Waals surface area contributed by atoms with Gasteiger partial charge in [-0.05, 0) is 35.7 Å². The van der Waals surface area contributed by atoms with E-state index < -0.39 is 0 Å². The van der Waals surface area contributed by atoms with E-state index in [4.69, 9.17) is 11.6 Å². The van der Waals surface area contributed by atoms with Crippen LogP contribution in [0.15, 0.2) is 42.5 Å². The number of hydrogen-bond acceptors (Lipinski definition) is 0. The van der Waals surface area contributed by atoms with Crippen molar-refractivity contribution in [3.05, 3.63) is 59.1 Å². The largest absolute Gasteiger partial charge is 0.0837 e. The van der Waals surface area contributed by atoms with Gasteiger partial charge in [-0.1, -0.05) is 41.9 Å². The summed E-state index contributed by atoms with van der Waals surface area (Å²) in [5, 5.41) is 0.655. The Balaban J connectivity index is 2.50. The molecule has 0 fully saturated rings. The Morgan fingerprint density at radius 3 is 2.50 bits per heavy atom. The normalized spacial score (nSPS) is 10.1.